The lowest BCUT2D eigenvalue weighted by molar-refractivity contribution is -0.123. The Morgan fingerprint density at radius 3 is 2.64 bits per heavy atom. The van der Waals surface area contributed by atoms with Gasteiger partial charge in [-0.05, 0) is 18.8 Å². The van der Waals surface area contributed by atoms with Crippen LogP contribution in [0.3, 0.4) is 0 Å². The Morgan fingerprint density at radius 2 is 2.29 bits per heavy atom. The van der Waals surface area contributed by atoms with Gasteiger partial charge in [-0.15, -0.1) is 0 Å². The molecule has 1 aliphatic heterocycles. The maximum Gasteiger partial charge on any atom is 0.407 e. The normalized spacial score (nSPS) is 23.5. The van der Waals surface area contributed by atoms with E-state index in [1.165, 1.54) is 4.90 Å². The Hall–Kier alpha value is -1.26. The molecule has 0 bridgehead atoms. The van der Waals surface area contributed by atoms with E-state index in [-0.39, 0.29) is 17.7 Å². The second-order valence-electron chi connectivity index (χ2n) is 3.69. The van der Waals surface area contributed by atoms with Crippen molar-refractivity contribution in [1.29, 1.82) is 0 Å². The lowest BCUT2D eigenvalue weighted by Gasteiger charge is -2.18. The number of hydrogen-bond acceptors (Lipinski definition) is 2. The molecular formula is C9H16N2O3. The highest BCUT2D eigenvalue weighted by Gasteiger charge is 2.33. The van der Waals surface area contributed by atoms with Crippen molar-refractivity contribution >= 4 is 12.0 Å². The molecule has 80 valence electrons. The fraction of sp³-hybridized carbons (Fsp3) is 0.778. The Balaban J connectivity index is 2.55. The van der Waals surface area contributed by atoms with Crippen LogP contribution in [0, 0.1) is 11.8 Å². The number of carbonyl (C=O) groups excluding carboxylic acids is 1. The van der Waals surface area contributed by atoms with Crippen LogP contribution in [0.25, 0.3) is 0 Å². The summed E-state index contributed by atoms with van der Waals surface area (Å²) in [5, 5.41) is 8.73. The number of likely N-dealkylation sites (tertiary alicyclic amines) is 1. The molecule has 1 rings (SSSR count). The van der Waals surface area contributed by atoms with E-state index in [1.807, 2.05) is 6.92 Å². The highest BCUT2D eigenvalue weighted by atomic mass is 16.4. The summed E-state index contributed by atoms with van der Waals surface area (Å²) >= 11 is 0. The molecule has 0 saturated carbocycles. The van der Waals surface area contributed by atoms with Gasteiger partial charge in [-0.2, -0.15) is 0 Å². The van der Waals surface area contributed by atoms with Crippen LogP contribution in [0.15, 0.2) is 0 Å². The van der Waals surface area contributed by atoms with Crippen molar-refractivity contribution in [3.05, 3.63) is 0 Å². The highest BCUT2D eigenvalue weighted by molar-refractivity contribution is 5.77. The number of primary amides is 1. The average molecular weight is 200 g/mol. The minimum Gasteiger partial charge on any atom is -0.465 e. The fourth-order valence-electron chi connectivity index (χ4n) is 2.06. The van der Waals surface area contributed by atoms with Crippen molar-refractivity contribution in [3.63, 3.8) is 0 Å². The molecule has 2 unspecified atom stereocenters. The van der Waals surface area contributed by atoms with Gasteiger partial charge in [0.1, 0.15) is 0 Å². The number of nitrogens with two attached hydrogens (primary N) is 1. The number of carboxylic acid groups (broad SMARTS) is 1. The molecule has 5 heteroatoms. The van der Waals surface area contributed by atoms with Gasteiger partial charge in [0, 0.05) is 19.0 Å². The van der Waals surface area contributed by atoms with Crippen LogP contribution < -0.4 is 5.73 Å². The predicted molar refractivity (Wildman–Crippen MR) is 50.7 cm³/mol. The third-order valence-corrected chi connectivity index (χ3v) is 2.87. The highest BCUT2D eigenvalue weighted by Crippen LogP contribution is 2.26. The van der Waals surface area contributed by atoms with Crippen LogP contribution in [0.2, 0.25) is 0 Å². The zero-order valence-corrected chi connectivity index (χ0v) is 8.27. The molecule has 0 aliphatic carbocycles. The summed E-state index contributed by atoms with van der Waals surface area (Å²) < 4.78 is 0. The maximum atomic E-state index is 11.1. The first-order valence-corrected chi connectivity index (χ1v) is 4.83. The average Bonchev–Trinajstić information content (AvgIpc) is 2.53. The first-order chi connectivity index (χ1) is 6.56. The van der Waals surface area contributed by atoms with Crippen LogP contribution in [-0.4, -0.2) is 35.1 Å². The van der Waals surface area contributed by atoms with Gasteiger partial charge >= 0.3 is 6.09 Å². The molecule has 0 radical (unpaired) electrons. The van der Waals surface area contributed by atoms with E-state index in [0.29, 0.717) is 19.5 Å². The minimum absolute atomic E-state index is 0.105. The molecule has 3 N–H and O–H groups in total. The topological polar surface area (TPSA) is 83.6 Å². The van der Waals surface area contributed by atoms with Gasteiger partial charge < -0.3 is 15.7 Å². The summed E-state index contributed by atoms with van der Waals surface area (Å²) in [5.41, 5.74) is 5.24. The van der Waals surface area contributed by atoms with Crippen molar-refractivity contribution in [2.75, 3.05) is 13.1 Å². The van der Waals surface area contributed by atoms with Crippen molar-refractivity contribution in [2.45, 2.75) is 19.8 Å². The molecule has 0 aromatic heterocycles. The van der Waals surface area contributed by atoms with Gasteiger partial charge in [0.15, 0.2) is 0 Å². The number of carbonyl (C=O) groups is 2. The number of hydrogen-bond donors (Lipinski definition) is 2. The third kappa shape index (κ3) is 2.16. The van der Waals surface area contributed by atoms with E-state index >= 15 is 0 Å². The van der Waals surface area contributed by atoms with Crippen molar-refractivity contribution in [3.8, 4) is 0 Å². The molecule has 1 saturated heterocycles. The molecule has 2 atom stereocenters. The summed E-state index contributed by atoms with van der Waals surface area (Å²) in [6.07, 6.45) is 0.521. The Labute approximate surface area is 82.9 Å². The van der Waals surface area contributed by atoms with Crippen molar-refractivity contribution < 1.29 is 14.7 Å². The quantitative estimate of drug-likeness (QED) is 0.695. The minimum atomic E-state index is -0.910. The molecule has 0 spiro atoms. The van der Waals surface area contributed by atoms with Gasteiger partial charge in [0.2, 0.25) is 5.91 Å². The van der Waals surface area contributed by atoms with Crippen molar-refractivity contribution in [1.82, 2.24) is 4.90 Å². The van der Waals surface area contributed by atoms with E-state index < -0.39 is 6.09 Å². The lowest BCUT2D eigenvalue weighted by Crippen LogP contribution is -2.33. The molecule has 1 aliphatic rings. The summed E-state index contributed by atoms with van der Waals surface area (Å²) in [6, 6.07) is 0. The SMILES string of the molecule is CCC(C(N)=O)C1CCN(C(=O)O)C1. The number of amides is 2. The van der Waals surface area contributed by atoms with Crippen molar-refractivity contribution in [2.24, 2.45) is 17.6 Å². The molecule has 1 heterocycles. The van der Waals surface area contributed by atoms with Crippen LogP contribution >= 0.6 is 0 Å². The molecule has 0 aromatic carbocycles. The summed E-state index contributed by atoms with van der Waals surface area (Å²) in [5.74, 6) is -0.391. The van der Waals surface area contributed by atoms with E-state index in [9.17, 15) is 9.59 Å². The first kappa shape index (κ1) is 10.8. The largest absolute Gasteiger partial charge is 0.465 e. The maximum absolute atomic E-state index is 11.1. The first-order valence-electron chi connectivity index (χ1n) is 4.83. The van der Waals surface area contributed by atoms with Crippen LogP contribution in [-0.2, 0) is 4.79 Å². The van der Waals surface area contributed by atoms with E-state index in [2.05, 4.69) is 0 Å². The van der Waals surface area contributed by atoms with Gasteiger partial charge in [0.05, 0.1) is 0 Å². The van der Waals surface area contributed by atoms with Crippen LogP contribution in [0.1, 0.15) is 19.8 Å². The summed E-state index contributed by atoms with van der Waals surface area (Å²) in [7, 11) is 0. The smallest absolute Gasteiger partial charge is 0.407 e. The molecule has 14 heavy (non-hydrogen) atoms. The van der Waals surface area contributed by atoms with E-state index in [1.54, 1.807) is 0 Å². The monoisotopic (exact) mass is 200 g/mol. The number of nitrogens with zero attached hydrogens (tertiary/aromatic N) is 1. The van der Waals surface area contributed by atoms with Gasteiger partial charge in [-0.25, -0.2) is 4.79 Å². The standard InChI is InChI=1S/C9H16N2O3/c1-2-7(8(10)12)6-3-4-11(5-6)9(13)14/h6-7H,2-5H2,1H3,(H2,10,12)(H,13,14). The number of rotatable bonds is 3. The molecule has 0 aromatic rings. The van der Waals surface area contributed by atoms with Gasteiger partial charge in [0.25, 0.3) is 0 Å². The second-order valence-corrected chi connectivity index (χ2v) is 3.69. The Kier molecular flexibility index (Phi) is 3.33. The summed E-state index contributed by atoms with van der Waals surface area (Å²) in [4.78, 5) is 23.0. The zero-order valence-electron chi connectivity index (χ0n) is 8.27. The lowest BCUT2D eigenvalue weighted by atomic mass is 9.89. The zero-order chi connectivity index (χ0) is 10.7. The molecule has 2 amide bonds. The molecule has 5 nitrogen and oxygen atoms in total. The second kappa shape index (κ2) is 4.30. The van der Waals surface area contributed by atoms with Gasteiger partial charge in [-0.1, -0.05) is 6.92 Å². The Morgan fingerprint density at radius 1 is 1.64 bits per heavy atom. The molecular weight excluding hydrogens is 184 g/mol. The van der Waals surface area contributed by atoms with E-state index in [4.69, 9.17) is 10.8 Å². The van der Waals surface area contributed by atoms with Crippen LogP contribution in [0.5, 0.6) is 0 Å². The molecule has 1 fully saturated rings. The van der Waals surface area contributed by atoms with Gasteiger partial charge in [-0.3, -0.25) is 4.79 Å². The Bertz CT molecular complexity index is 242. The summed E-state index contributed by atoms with van der Waals surface area (Å²) in [6.45, 7) is 2.86. The van der Waals surface area contributed by atoms with Crippen LogP contribution in [0.4, 0.5) is 4.79 Å². The predicted octanol–water partition coefficient (Wildman–Crippen LogP) is 0.498. The van der Waals surface area contributed by atoms with E-state index in [0.717, 1.165) is 6.42 Å². The third-order valence-electron chi connectivity index (χ3n) is 2.87. The fourth-order valence-corrected chi connectivity index (χ4v) is 2.06.